The highest BCUT2D eigenvalue weighted by Gasteiger charge is 2.34. The summed E-state index contributed by atoms with van der Waals surface area (Å²) in [4.78, 5) is 27.2. The highest BCUT2D eigenvalue weighted by molar-refractivity contribution is 6.05. The number of nitrogens with one attached hydrogen (secondary N) is 1. The van der Waals surface area contributed by atoms with Gasteiger partial charge in [-0.3, -0.25) is 9.69 Å². The Labute approximate surface area is 211 Å². The molecule has 2 heterocycles. The number of benzene rings is 2. The highest BCUT2D eigenvalue weighted by atomic mass is 19.3. The van der Waals surface area contributed by atoms with Gasteiger partial charge < -0.3 is 14.5 Å². The van der Waals surface area contributed by atoms with Crippen LogP contribution < -0.4 is 15.7 Å². The van der Waals surface area contributed by atoms with Crippen LogP contribution in [0.5, 0.6) is 5.75 Å². The maximum atomic E-state index is 13.6. The molecule has 10 heteroatoms. The lowest BCUT2D eigenvalue weighted by atomic mass is 10.0. The molecule has 1 N–H and O–H groups in total. The predicted molar refractivity (Wildman–Crippen MR) is 132 cm³/mol. The number of anilines is 1. The maximum Gasteiger partial charge on any atom is 0.349 e. The quantitative estimate of drug-likeness (QED) is 0.282. The summed E-state index contributed by atoms with van der Waals surface area (Å²) in [5, 5.41) is 3.12. The lowest BCUT2D eigenvalue weighted by molar-refractivity contribution is -0.0661. The van der Waals surface area contributed by atoms with Gasteiger partial charge in [0.15, 0.2) is 0 Å². The second kappa shape index (κ2) is 11.3. The first-order valence-corrected chi connectivity index (χ1v) is 12.2. The van der Waals surface area contributed by atoms with E-state index in [1.807, 2.05) is 6.92 Å². The minimum atomic E-state index is -2.68. The Morgan fingerprint density at radius 3 is 2.62 bits per heavy atom. The average Bonchev–Trinajstić information content (AvgIpc) is 2.84. The summed E-state index contributed by atoms with van der Waals surface area (Å²) < 4.78 is 63.2. The summed E-state index contributed by atoms with van der Waals surface area (Å²) in [5.74, 6) is -3.14. The number of hydrogen-bond acceptors (Lipinski definition) is 5. The Hall–Kier alpha value is -3.40. The zero-order valence-corrected chi connectivity index (χ0v) is 20.4. The molecule has 0 atom stereocenters. The number of carbonyl (C=O) groups is 1. The largest absolute Gasteiger partial charge is 0.487 e. The number of aryl methyl sites for hydroxylation is 1. The smallest absolute Gasteiger partial charge is 0.349 e. The van der Waals surface area contributed by atoms with Crippen molar-refractivity contribution in [2.24, 2.45) is 0 Å². The van der Waals surface area contributed by atoms with Crippen molar-refractivity contribution >= 4 is 22.6 Å². The molecule has 1 saturated heterocycles. The summed E-state index contributed by atoms with van der Waals surface area (Å²) in [6, 6.07) is 11.2. The van der Waals surface area contributed by atoms with Crippen LogP contribution in [0.2, 0.25) is 0 Å². The molecule has 37 heavy (non-hydrogen) atoms. The molecular formula is C27H28F4N2O4. The van der Waals surface area contributed by atoms with Gasteiger partial charge in [0.25, 0.3) is 18.3 Å². The zero-order chi connectivity index (χ0) is 26.6. The van der Waals surface area contributed by atoms with Crippen molar-refractivity contribution in [3.63, 3.8) is 0 Å². The van der Waals surface area contributed by atoms with Crippen LogP contribution in [0, 0.1) is 0 Å². The Morgan fingerprint density at radius 2 is 1.95 bits per heavy atom. The molecule has 6 nitrogen and oxygen atoms in total. The fourth-order valence-electron chi connectivity index (χ4n) is 4.49. The van der Waals surface area contributed by atoms with Crippen LogP contribution in [0.15, 0.2) is 51.7 Å². The molecule has 4 rings (SSSR count). The van der Waals surface area contributed by atoms with E-state index in [2.05, 4.69) is 5.32 Å². The zero-order valence-electron chi connectivity index (χ0n) is 20.4. The van der Waals surface area contributed by atoms with E-state index in [0.717, 1.165) is 5.56 Å². The summed E-state index contributed by atoms with van der Waals surface area (Å²) in [5.41, 5.74) is 0.871. The number of fused-ring (bicyclic) bond motifs is 1. The molecule has 0 spiro atoms. The number of carbonyl (C=O) groups excluding carboxylic acids is 1. The monoisotopic (exact) mass is 520 g/mol. The van der Waals surface area contributed by atoms with Gasteiger partial charge in [0, 0.05) is 29.6 Å². The van der Waals surface area contributed by atoms with Gasteiger partial charge in [0.1, 0.15) is 23.5 Å². The van der Waals surface area contributed by atoms with Gasteiger partial charge in [0.2, 0.25) is 0 Å². The molecule has 0 bridgehead atoms. The van der Waals surface area contributed by atoms with Gasteiger partial charge in [-0.2, -0.15) is 0 Å². The van der Waals surface area contributed by atoms with Crippen LogP contribution in [-0.4, -0.2) is 42.9 Å². The Morgan fingerprint density at radius 1 is 1.19 bits per heavy atom. The third kappa shape index (κ3) is 6.68. The predicted octanol–water partition coefficient (Wildman–Crippen LogP) is 5.87. The van der Waals surface area contributed by atoms with Crippen molar-refractivity contribution in [2.75, 3.05) is 25.0 Å². The molecule has 1 aliphatic heterocycles. The third-order valence-corrected chi connectivity index (χ3v) is 6.16. The number of alkyl halides is 4. The van der Waals surface area contributed by atoms with E-state index in [1.54, 1.807) is 35.2 Å². The molecule has 0 radical (unpaired) electrons. The molecule has 1 aliphatic rings. The van der Waals surface area contributed by atoms with Gasteiger partial charge >= 0.3 is 5.63 Å². The first kappa shape index (κ1) is 26.7. The van der Waals surface area contributed by atoms with E-state index in [0.29, 0.717) is 49.0 Å². The van der Waals surface area contributed by atoms with Gasteiger partial charge in [-0.1, -0.05) is 25.5 Å². The minimum absolute atomic E-state index is 0.0925. The first-order chi connectivity index (χ1) is 17.6. The summed E-state index contributed by atoms with van der Waals surface area (Å²) >= 11 is 0. The van der Waals surface area contributed by atoms with Crippen LogP contribution in [0.1, 0.15) is 47.7 Å². The van der Waals surface area contributed by atoms with E-state index < -0.39 is 30.5 Å². The Balaban J connectivity index is 1.49. The van der Waals surface area contributed by atoms with Gasteiger partial charge in [-0.05, 0) is 55.3 Å². The third-order valence-electron chi connectivity index (χ3n) is 6.16. The second-order valence-electron chi connectivity index (χ2n) is 9.18. The van der Waals surface area contributed by atoms with Crippen molar-refractivity contribution in [1.29, 1.82) is 0 Å². The summed E-state index contributed by atoms with van der Waals surface area (Å²) in [7, 11) is 0. The summed E-state index contributed by atoms with van der Waals surface area (Å²) in [6.45, 7) is 1.81. The van der Waals surface area contributed by atoms with Crippen molar-refractivity contribution in [3.8, 4) is 5.75 Å². The van der Waals surface area contributed by atoms with Crippen molar-refractivity contribution < 1.29 is 31.5 Å². The molecular weight excluding hydrogens is 492 g/mol. The topological polar surface area (TPSA) is 71.8 Å². The molecule has 3 aromatic rings. The first-order valence-electron chi connectivity index (χ1n) is 12.2. The molecule has 0 saturated carbocycles. The lowest BCUT2D eigenvalue weighted by Crippen LogP contribution is -2.41. The molecule has 0 aliphatic carbocycles. The fraction of sp³-hybridized carbons (Fsp3) is 0.407. The second-order valence-corrected chi connectivity index (χ2v) is 9.18. The molecule has 1 aromatic heterocycles. The normalized spacial score (nSPS) is 15.7. The number of piperidine rings is 1. The van der Waals surface area contributed by atoms with Crippen molar-refractivity contribution in [2.45, 2.75) is 51.5 Å². The molecule has 0 unspecified atom stereocenters. The molecule has 198 valence electrons. The average molecular weight is 521 g/mol. The van der Waals surface area contributed by atoms with Crippen molar-refractivity contribution in [3.05, 3.63) is 69.6 Å². The maximum absolute atomic E-state index is 13.6. The molecule has 1 fully saturated rings. The van der Waals surface area contributed by atoms with Gasteiger partial charge in [-0.25, -0.2) is 22.4 Å². The van der Waals surface area contributed by atoms with Gasteiger partial charge in [0.05, 0.1) is 6.54 Å². The fourth-order valence-corrected chi connectivity index (χ4v) is 4.49. The lowest BCUT2D eigenvalue weighted by Gasteiger charge is -2.32. The number of halogens is 4. The number of rotatable bonds is 9. The van der Waals surface area contributed by atoms with E-state index in [1.165, 1.54) is 12.1 Å². The number of likely N-dealkylation sites (tertiary alicyclic amines) is 1. The molecule has 1 amide bonds. The standard InChI is InChI=1S/C27H28F4N2O4/c1-2-4-20-22(36-15-23(28)29)10-7-18-13-21(26(35)37-24(18)20)25(34)32-19-8-5-17(6-9-19)14-33-12-3-11-27(30,31)16-33/h5-10,13,23H,2-4,11-12,14-16H2,1H3,(H,32,34). The Bertz CT molecular complexity index is 1310. The van der Waals surface area contributed by atoms with Gasteiger partial charge in [-0.15, -0.1) is 0 Å². The van der Waals surface area contributed by atoms with Crippen LogP contribution in [0.3, 0.4) is 0 Å². The van der Waals surface area contributed by atoms with Crippen LogP contribution in [0.4, 0.5) is 23.2 Å². The minimum Gasteiger partial charge on any atom is -0.487 e. The number of nitrogens with zero attached hydrogens (tertiary/aromatic N) is 1. The number of hydrogen-bond donors (Lipinski definition) is 1. The number of ether oxygens (including phenoxy) is 1. The summed E-state index contributed by atoms with van der Waals surface area (Å²) in [6.07, 6.45) is -1.20. The van der Waals surface area contributed by atoms with E-state index in [9.17, 15) is 27.2 Å². The molecule has 2 aromatic carbocycles. The van der Waals surface area contributed by atoms with E-state index in [4.69, 9.17) is 9.15 Å². The SMILES string of the molecule is CCCc1c(OCC(F)F)ccc2cc(C(=O)Nc3ccc(CN4CCCC(F)(F)C4)cc3)c(=O)oc12. The number of amides is 1. The van der Waals surface area contributed by atoms with E-state index >= 15 is 0 Å². The van der Waals surface area contributed by atoms with E-state index in [-0.39, 0.29) is 29.9 Å². The van der Waals surface area contributed by atoms with Crippen LogP contribution >= 0.6 is 0 Å². The highest BCUT2D eigenvalue weighted by Crippen LogP contribution is 2.30. The van der Waals surface area contributed by atoms with Crippen LogP contribution in [0.25, 0.3) is 11.0 Å². The van der Waals surface area contributed by atoms with Crippen LogP contribution in [-0.2, 0) is 13.0 Å². The van der Waals surface area contributed by atoms with Crippen molar-refractivity contribution in [1.82, 2.24) is 4.90 Å². The Kier molecular flexibility index (Phi) is 8.16.